The van der Waals surface area contributed by atoms with Crippen molar-refractivity contribution in [2.75, 3.05) is 11.9 Å². The van der Waals surface area contributed by atoms with E-state index >= 15 is 0 Å². The van der Waals surface area contributed by atoms with Crippen LogP contribution >= 0.6 is 0 Å². The van der Waals surface area contributed by atoms with Crippen molar-refractivity contribution in [2.24, 2.45) is 0 Å². The quantitative estimate of drug-likeness (QED) is 0.457. The average molecular weight is 442 g/mol. The molecule has 1 aliphatic rings. The minimum absolute atomic E-state index is 0.0902. The van der Waals surface area contributed by atoms with Gasteiger partial charge in [0.15, 0.2) is 6.61 Å². The zero-order valence-electron chi connectivity index (χ0n) is 18.2. The van der Waals surface area contributed by atoms with E-state index in [9.17, 15) is 19.2 Å². The normalized spacial score (nSPS) is 13.5. The fourth-order valence-corrected chi connectivity index (χ4v) is 3.75. The van der Waals surface area contributed by atoms with Crippen molar-refractivity contribution < 1.29 is 23.9 Å². The second kappa shape index (κ2) is 9.08. The Kier molecular flexibility index (Phi) is 6.04. The van der Waals surface area contributed by atoms with Crippen molar-refractivity contribution in [3.63, 3.8) is 0 Å². The van der Waals surface area contributed by atoms with Gasteiger partial charge in [-0.1, -0.05) is 42.5 Å². The van der Waals surface area contributed by atoms with Gasteiger partial charge in [-0.05, 0) is 55.3 Å². The zero-order chi connectivity index (χ0) is 23.5. The van der Waals surface area contributed by atoms with Gasteiger partial charge in [0.25, 0.3) is 17.7 Å². The molecule has 166 valence electrons. The van der Waals surface area contributed by atoms with E-state index in [4.69, 9.17) is 4.74 Å². The largest absolute Gasteiger partial charge is 0.452 e. The average Bonchev–Trinajstić information content (AvgIpc) is 3.07. The van der Waals surface area contributed by atoms with Crippen LogP contribution in [0.15, 0.2) is 72.8 Å². The molecular weight excluding hydrogens is 420 g/mol. The van der Waals surface area contributed by atoms with Gasteiger partial charge in [-0.25, -0.2) is 4.79 Å². The van der Waals surface area contributed by atoms with Crippen LogP contribution in [0, 0.1) is 6.92 Å². The topological polar surface area (TPSA) is 92.8 Å². The van der Waals surface area contributed by atoms with E-state index < -0.39 is 36.3 Å². The first-order chi connectivity index (χ1) is 15.8. The van der Waals surface area contributed by atoms with Crippen LogP contribution < -0.4 is 5.32 Å². The van der Waals surface area contributed by atoms with Crippen molar-refractivity contribution in [2.45, 2.75) is 19.9 Å². The van der Waals surface area contributed by atoms with Gasteiger partial charge >= 0.3 is 5.97 Å². The molecule has 1 heterocycles. The Bertz CT molecular complexity index is 1250. The van der Waals surface area contributed by atoms with Crippen LogP contribution in [-0.2, 0) is 9.53 Å². The van der Waals surface area contributed by atoms with E-state index in [-0.39, 0.29) is 16.7 Å². The molecule has 3 aromatic carbocycles. The molecule has 4 rings (SSSR count). The number of aryl methyl sites for hydroxylation is 1. The number of rotatable bonds is 6. The number of esters is 1. The Morgan fingerprint density at radius 1 is 0.909 bits per heavy atom. The number of ether oxygens (including phenoxy) is 1. The van der Waals surface area contributed by atoms with E-state index in [1.807, 2.05) is 49.4 Å². The highest BCUT2D eigenvalue weighted by Crippen LogP contribution is 2.31. The summed E-state index contributed by atoms with van der Waals surface area (Å²) in [5.41, 5.74) is 2.87. The maximum Gasteiger partial charge on any atom is 0.338 e. The first-order valence-electron chi connectivity index (χ1n) is 10.5. The number of nitrogens with one attached hydrogen (secondary N) is 1. The number of hydrogen-bond donors (Lipinski definition) is 1. The highest BCUT2D eigenvalue weighted by Gasteiger charge is 2.39. The molecule has 33 heavy (non-hydrogen) atoms. The van der Waals surface area contributed by atoms with Gasteiger partial charge in [0.2, 0.25) is 0 Å². The second-order valence-corrected chi connectivity index (χ2v) is 7.82. The first kappa shape index (κ1) is 22.0. The molecule has 0 fully saturated rings. The molecule has 3 amide bonds. The van der Waals surface area contributed by atoms with Crippen LogP contribution in [0.2, 0.25) is 0 Å². The Labute approximate surface area is 191 Å². The van der Waals surface area contributed by atoms with Crippen molar-refractivity contribution in [3.8, 4) is 0 Å². The first-order valence-corrected chi connectivity index (χ1v) is 10.5. The number of hydrogen-bond acceptors (Lipinski definition) is 5. The monoisotopic (exact) mass is 442 g/mol. The van der Waals surface area contributed by atoms with Gasteiger partial charge in [-0.3, -0.25) is 19.3 Å². The third kappa shape index (κ3) is 4.52. The van der Waals surface area contributed by atoms with Gasteiger partial charge in [0.1, 0.15) is 0 Å². The molecule has 7 heteroatoms. The molecular formula is C26H22N2O5. The fraction of sp³-hybridized carbons (Fsp3) is 0.154. The Morgan fingerprint density at radius 2 is 1.64 bits per heavy atom. The van der Waals surface area contributed by atoms with E-state index in [0.29, 0.717) is 5.69 Å². The highest BCUT2D eigenvalue weighted by atomic mass is 16.5. The fourth-order valence-electron chi connectivity index (χ4n) is 3.75. The van der Waals surface area contributed by atoms with Crippen LogP contribution in [0.25, 0.3) is 0 Å². The molecule has 3 aromatic rings. The molecule has 0 saturated carbocycles. The molecule has 0 unspecified atom stereocenters. The standard InChI is InChI=1S/C26H22N2O5/c1-16-7-6-10-20(13-16)27-23(29)15-33-26(32)19-11-12-21-22(14-19)25(31)28(24(21)30)17(2)18-8-4-3-5-9-18/h3-14,17H,15H2,1-2H3,(H,27,29)/t17-/m0/s1. The maximum absolute atomic E-state index is 13.0. The van der Waals surface area contributed by atoms with E-state index in [0.717, 1.165) is 11.1 Å². The van der Waals surface area contributed by atoms with Crippen LogP contribution in [0.1, 0.15) is 55.2 Å². The minimum Gasteiger partial charge on any atom is -0.452 e. The Hall–Kier alpha value is -4.26. The molecule has 0 aliphatic carbocycles. The maximum atomic E-state index is 13.0. The molecule has 0 saturated heterocycles. The van der Waals surface area contributed by atoms with Crippen molar-refractivity contribution in [1.29, 1.82) is 0 Å². The van der Waals surface area contributed by atoms with E-state index in [2.05, 4.69) is 5.32 Å². The van der Waals surface area contributed by atoms with Crippen LogP contribution in [-0.4, -0.2) is 35.2 Å². The van der Waals surface area contributed by atoms with Crippen molar-refractivity contribution in [1.82, 2.24) is 4.90 Å². The molecule has 7 nitrogen and oxygen atoms in total. The van der Waals surface area contributed by atoms with Gasteiger partial charge in [0, 0.05) is 5.69 Å². The lowest BCUT2D eigenvalue weighted by Gasteiger charge is -2.22. The lowest BCUT2D eigenvalue weighted by atomic mass is 10.1. The SMILES string of the molecule is Cc1cccc(NC(=O)COC(=O)c2ccc3c(c2)C(=O)N([C@@H](C)c2ccccc2)C3=O)c1. The minimum atomic E-state index is -0.757. The summed E-state index contributed by atoms with van der Waals surface area (Å²) in [6.07, 6.45) is 0. The molecule has 1 N–H and O–H groups in total. The van der Waals surface area contributed by atoms with E-state index in [1.54, 1.807) is 19.1 Å². The number of benzene rings is 3. The molecule has 0 spiro atoms. The number of carbonyl (C=O) groups excluding carboxylic acids is 4. The van der Waals surface area contributed by atoms with Gasteiger partial charge in [-0.15, -0.1) is 0 Å². The molecule has 1 atom stereocenters. The van der Waals surface area contributed by atoms with Gasteiger partial charge in [-0.2, -0.15) is 0 Å². The van der Waals surface area contributed by atoms with Crippen molar-refractivity contribution >= 4 is 29.4 Å². The smallest absolute Gasteiger partial charge is 0.338 e. The summed E-state index contributed by atoms with van der Waals surface area (Å²) in [7, 11) is 0. The third-order valence-corrected chi connectivity index (χ3v) is 5.46. The highest BCUT2D eigenvalue weighted by molar-refractivity contribution is 6.22. The summed E-state index contributed by atoms with van der Waals surface area (Å²) in [5.74, 6) is -2.13. The van der Waals surface area contributed by atoms with Crippen LogP contribution in [0.4, 0.5) is 5.69 Å². The number of imide groups is 1. The number of carbonyl (C=O) groups is 4. The van der Waals surface area contributed by atoms with Crippen LogP contribution in [0.5, 0.6) is 0 Å². The molecule has 1 aliphatic heterocycles. The number of fused-ring (bicyclic) bond motifs is 1. The summed E-state index contributed by atoms with van der Waals surface area (Å²) >= 11 is 0. The molecule has 0 radical (unpaired) electrons. The predicted octanol–water partition coefficient (Wildman–Crippen LogP) is 4.15. The lowest BCUT2D eigenvalue weighted by molar-refractivity contribution is -0.119. The second-order valence-electron chi connectivity index (χ2n) is 7.82. The third-order valence-electron chi connectivity index (χ3n) is 5.46. The summed E-state index contributed by atoms with van der Waals surface area (Å²) in [6, 6.07) is 20.2. The summed E-state index contributed by atoms with van der Waals surface area (Å²) in [4.78, 5) is 51.6. The Balaban J connectivity index is 1.44. The van der Waals surface area contributed by atoms with Crippen molar-refractivity contribution in [3.05, 3.63) is 101 Å². The zero-order valence-corrected chi connectivity index (χ0v) is 18.2. The summed E-state index contributed by atoms with van der Waals surface area (Å²) < 4.78 is 5.10. The number of amides is 3. The Morgan fingerprint density at radius 3 is 2.36 bits per heavy atom. The summed E-state index contributed by atoms with van der Waals surface area (Å²) in [6.45, 7) is 3.20. The van der Waals surface area contributed by atoms with Gasteiger partial charge < -0.3 is 10.1 Å². The number of nitrogens with zero attached hydrogens (tertiary/aromatic N) is 1. The number of anilines is 1. The summed E-state index contributed by atoms with van der Waals surface area (Å²) in [5, 5.41) is 2.66. The lowest BCUT2D eigenvalue weighted by Crippen LogP contribution is -2.32. The molecule has 0 aromatic heterocycles. The van der Waals surface area contributed by atoms with Gasteiger partial charge in [0.05, 0.1) is 22.7 Å². The van der Waals surface area contributed by atoms with E-state index in [1.165, 1.54) is 23.1 Å². The predicted molar refractivity (Wildman–Crippen MR) is 122 cm³/mol. The van der Waals surface area contributed by atoms with Crippen LogP contribution in [0.3, 0.4) is 0 Å². The molecule has 0 bridgehead atoms.